The summed E-state index contributed by atoms with van der Waals surface area (Å²) in [6.45, 7) is 8.70. The van der Waals surface area contributed by atoms with Gasteiger partial charge in [0, 0.05) is 6.54 Å². The molecule has 5 heteroatoms. The lowest BCUT2D eigenvalue weighted by Gasteiger charge is -2.21. The van der Waals surface area contributed by atoms with Gasteiger partial charge in [0.05, 0.1) is 17.7 Å². The molecule has 0 spiro atoms. The molecule has 1 aliphatic rings. The average Bonchev–Trinajstić information content (AvgIpc) is 2.95. The number of nitrogens with two attached hydrogens (primary N) is 1. The van der Waals surface area contributed by atoms with Crippen molar-refractivity contribution in [2.45, 2.75) is 39.8 Å². The van der Waals surface area contributed by atoms with E-state index in [1.807, 2.05) is 0 Å². The molecule has 1 heterocycles. The minimum atomic E-state index is 0.529. The highest BCUT2D eigenvalue weighted by Gasteiger charge is 2.35. The molecule has 132 valence electrons. The third-order valence-electron chi connectivity index (χ3n) is 5.60. The van der Waals surface area contributed by atoms with Crippen LogP contribution in [0.4, 0.5) is 5.95 Å². The molecule has 3 rings (SSSR count). The first-order valence-corrected chi connectivity index (χ1v) is 8.79. The van der Waals surface area contributed by atoms with E-state index in [1.165, 1.54) is 27.8 Å². The maximum Gasteiger partial charge on any atom is 0.202 e. The Hall–Kier alpha value is -1.59. The van der Waals surface area contributed by atoms with Crippen LogP contribution in [-0.2, 0) is 13.1 Å². The number of hydrogen-bond donors (Lipinski definition) is 1. The number of anilines is 1. The molecule has 24 heavy (non-hydrogen) atoms. The number of rotatable bonds is 4. The highest BCUT2D eigenvalue weighted by Crippen LogP contribution is 2.45. The van der Waals surface area contributed by atoms with Crippen molar-refractivity contribution in [2.75, 3.05) is 40.5 Å². The Morgan fingerprint density at radius 2 is 1.79 bits per heavy atom. The Kier molecular flexibility index (Phi) is 4.34. The Labute approximate surface area is 145 Å². The van der Waals surface area contributed by atoms with Crippen molar-refractivity contribution in [1.82, 2.24) is 19.4 Å². The molecule has 5 nitrogen and oxygen atoms in total. The van der Waals surface area contributed by atoms with E-state index in [9.17, 15) is 0 Å². The molecule has 2 atom stereocenters. The lowest BCUT2D eigenvalue weighted by atomic mass is 9.92. The maximum atomic E-state index is 6.29. The number of aromatic nitrogens is 2. The van der Waals surface area contributed by atoms with Crippen molar-refractivity contribution < 1.29 is 0 Å². The molecule has 2 N–H and O–H groups in total. The van der Waals surface area contributed by atoms with Crippen LogP contribution in [0.5, 0.6) is 0 Å². The molecule has 2 aromatic rings. The van der Waals surface area contributed by atoms with Crippen molar-refractivity contribution in [1.29, 1.82) is 0 Å². The summed E-state index contributed by atoms with van der Waals surface area (Å²) in [6.07, 6.45) is 1.16. The van der Waals surface area contributed by atoms with Gasteiger partial charge in [0.2, 0.25) is 5.95 Å². The summed E-state index contributed by atoms with van der Waals surface area (Å²) < 4.78 is 2.19. The van der Waals surface area contributed by atoms with Crippen LogP contribution in [-0.4, -0.2) is 54.1 Å². The fraction of sp³-hybridized carbons (Fsp3) is 0.632. The van der Waals surface area contributed by atoms with Gasteiger partial charge in [-0.05, 0) is 82.5 Å². The van der Waals surface area contributed by atoms with Crippen LogP contribution < -0.4 is 5.73 Å². The van der Waals surface area contributed by atoms with Crippen molar-refractivity contribution in [3.05, 3.63) is 22.3 Å². The zero-order chi connectivity index (χ0) is 17.8. The Morgan fingerprint density at radius 3 is 2.38 bits per heavy atom. The van der Waals surface area contributed by atoms with Gasteiger partial charge >= 0.3 is 0 Å². The number of fused-ring (bicyclic) bond motifs is 3. The molecule has 1 aromatic carbocycles. The van der Waals surface area contributed by atoms with Crippen molar-refractivity contribution in [2.24, 2.45) is 5.92 Å². The van der Waals surface area contributed by atoms with Crippen LogP contribution in [0.15, 0.2) is 0 Å². The molecule has 0 saturated carbocycles. The van der Waals surface area contributed by atoms with Gasteiger partial charge in [0.1, 0.15) is 0 Å². The number of nitrogens with zero attached hydrogens (tertiary/aromatic N) is 4. The third-order valence-corrected chi connectivity index (χ3v) is 5.60. The molecule has 0 radical (unpaired) electrons. The number of hydrogen-bond acceptors (Lipinski definition) is 4. The van der Waals surface area contributed by atoms with E-state index in [0.29, 0.717) is 17.8 Å². The lowest BCUT2D eigenvalue weighted by Crippen LogP contribution is -2.23. The summed E-state index contributed by atoms with van der Waals surface area (Å²) in [4.78, 5) is 9.18. The second-order valence-corrected chi connectivity index (χ2v) is 7.97. The third kappa shape index (κ3) is 2.60. The van der Waals surface area contributed by atoms with Gasteiger partial charge in [-0.25, -0.2) is 4.98 Å². The molecule has 0 amide bonds. The highest BCUT2D eigenvalue weighted by molar-refractivity contribution is 5.88. The first kappa shape index (κ1) is 17.2. The van der Waals surface area contributed by atoms with E-state index in [-0.39, 0.29) is 0 Å². The summed E-state index contributed by atoms with van der Waals surface area (Å²) >= 11 is 0. The van der Waals surface area contributed by atoms with E-state index in [0.717, 1.165) is 25.2 Å². The Bertz CT molecular complexity index is 772. The van der Waals surface area contributed by atoms with E-state index >= 15 is 0 Å². The van der Waals surface area contributed by atoms with E-state index in [4.69, 9.17) is 10.7 Å². The van der Waals surface area contributed by atoms with Gasteiger partial charge in [0.25, 0.3) is 0 Å². The summed E-state index contributed by atoms with van der Waals surface area (Å²) in [5.41, 5.74) is 14.3. The van der Waals surface area contributed by atoms with E-state index in [2.05, 4.69) is 63.3 Å². The van der Waals surface area contributed by atoms with Crippen LogP contribution >= 0.6 is 0 Å². The number of aryl methyl sites for hydroxylation is 1. The fourth-order valence-corrected chi connectivity index (χ4v) is 4.30. The van der Waals surface area contributed by atoms with Crippen LogP contribution in [0.2, 0.25) is 0 Å². The average molecular weight is 329 g/mol. The van der Waals surface area contributed by atoms with Crippen molar-refractivity contribution in [3.63, 3.8) is 0 Å². The monoisotopic (exact) mass is 329 g/mol. The molecule has 0 aliphatic heterocycles. The summed E-state index contributed by atoms with van der Waals surface area (Å²) in [7, 11) is 8.48. The highest BCUT2D eigenvalue weighted by atomic mass is 15.3. The predicted octanol–water partition coefficient (Wildman–Crippen LogP) is 2.59. The number of imidazole rings is 1. The smallest absolute Gasteiger partial charge is 0.202 e. The van der Waals surface area contributed by atoms with Gasteiger partial charge < -0.3 is 10.6 Å². The molecule has 0 saturated heterocycles. The first-order chi connectivity index (χ1) is 11.2. The van der Waals surface area contributed by atoms with Crippen molar-refractivity contribution >= 4 is 17.0 Å². The standard InChI is InChI=1S/C19H31N5/c1-11-12(2)17-18(24(10-23(6)7)19(20)21-17)16-13(3)14(8-15(11)16)9-22(4)5/h13-14H,8-10H2,1-7H3,(H2,20,21). The molecule has 0 bridgehead atoms. The maximum absolute atomic E-state index is 6.29. The molecule has 0 fully saturated rings. The fourth-order valence-electron chi connectivity index (χ4n) is 4.30. The zero-order valence-corrected chi connectivity index (χ0v) is 16.1. The summed E-state index contributed by atoms with van der Waals surface area (Å²) in [6, 6.07) is 0. The van der Waals surface area contributed by atoms with Crippen molar-refractivity contribution in [3.8, 4) is 0 Å². The van der Waals surface area contributed by atoms with Gasteiger partial charge in [0.15, 0.2) is 0 Å². The van der Waals surface area contributed by atoms with E-state index < -0.39 is 0 Å². The van der Waals surface area contributed by atoms with E-state index in [1.54, 1.807) is 0 Å². The van der Waals surface area contributed by atoms with Crippen LogP contribution in [0.1, 0.15) is 35.1 Å². The SMILES string of the molecule is Cc1c2c(c3c(nc(N)n3CN(C)C)c1C)C(C)C(CN(C)C)C2. The zero-order valence-electron chi connectivity index (χ0n) is 16.1. The summed E-state index contributed by atoms with van der Waals surface area (Å²) in [5.74, 6) is 1.81. The topological polar surface area (TPSA) is 50.3 Å². The number of nitrogen functional groups attached to an aromatic ring is 1. The minimum absolute atomic E-state index is 0.529. The molecule has 2 unspecified atom stereocenters. The Morgan fingerprint density at radius 1 is 1.12 bits per heavy atom. The second-order valence-electron chi connectivity index (χ2n) is 7.97. The van der Waals surface area contributed by atoms with Crippen LogP contribution in [0, 0.1) is 19.8 Å². The van der Waals surface area contributed by atoms with Crippen LogP contribution in [0.25, 0.3) is 11.0 Å². The van der Waals surface area contributed by atoms with Gasteiger partial charge in [-0.3, -0.25) is 9.47 Å². The van der Waals surface area contributed by atoms with Gasteiger partial charge in [-0.1, -0.05) is 6.92 Å². The van der Waals surface area contributed by atoms with Gasteiger partial charge in [-0.15, -0.1) is 0 Å². The normalized spacial score (nSPS) is 20.5. The quantitative estimate of drug-likeness (QED) is 0.937. The number of benzene rings is 1. The lowest BCUT2D eigenvalue weighted by molar-refractivity contribution is 0.308. The van der Waals surface area contributed by atoms with Gasteiger partial charge in [-0.2, -0.15) is 0 Å². The molecular formula is C19H31N5. The molecular weight excluding hydrogens is 298 g/mol. The largest absolute Gasteiger partial charge is 0.369 e. The predicted molar refractivity (Wildman–Crippen MR) is 101 cm³/mol. The summed E-state index contributed by atoms with van der Waals surface area (Å²) in [5, 5.41) is 0. The first-order valence-electron chi connectivity index (χ1n) is 8.79. The van der Waals surface area contributed by atoms with Crippen LogP contribution in [0.3, 0.4) is 0 Å². The molecule has 1 aromatic heterocycles. The minimum Gasteiger partial charge on any atom is -0.369 e. The molecule has 1 aliphatic carbocycles. The second kappa shape index (κ2) is 6.05. The Balaban J connectivity index is 2.25.